The van der Waals surface area contributed by atoms with Crippen LogP contribution in [0.1, 0.15) is 38.7 Å². The summed E-state index contributed by atoms with van der Waals surface area (Å²) in [4.78, 5) is 35.0. The van der Waals surface area contributed by atoms with Gasteiger partial charge in [-0.05, 0) is 24.8 Å². The van der Waals surface area contributed by atoms with Crippen molar-refractivity contribution in [3.8, 4) is 0 Å². The Morgan fingerprint density at radius 1 is 1.09 bits per heavy atom. The Balaban J connectivity index is 2.48. The van der Waals surface area contributed by atoms with E-state index < -0.39 is 17.9 Å². The fraction of sp³-hybridized carbons (Fsp3) is 0.471. The summed E-state index contributed by atoms with van der Waals surface area (Å²) in [5.74, 6) is -2.09. The highest BCUT2D eigenvalue weighted by molar-refractivity contribution is 5.89. The van der Waals surface area contributed by atoms with Crippen molar-refractivity contribution in [1.82, 2.24) is 10.6 Å². The average molecular weight is 320 g/mol. The monoisotopic (exact) mass is 320 g/mol. The number of benzene rings is 1. The smallest absolute Gasteiger partial charge is 0.326 e. The first-order chi connectivity index (χ1) is 10.8. The fourth-order valence-electron chi connectivity index (χ4n) is 2.15. The number of aliphatic carboxylic acids is 1. The average Bonchev–Trinajstić information content (AvgIpc) is 2.51. The van der Waals surface area contributed by atoms with Crippen molar-refractivity contribution in [1.29, 1.82) is 0 Å². The predicted octanol–water partition coefficient (Wildman–Crippen LogP) is 1.52. The highest BCUT2D eigenvalue weighted by Crippen LogP contribution is 2.14. The zero-order valence-corrected chi connectivity index (χ0v) is 13.7. The van der Waals surface area contributed by atoms with Crippen LogP contribution in [0.25, 0.3) is 0 Å². The number of amides is 2. The van der Waals surface area contributed by atoms with Crippen molar-refractivity contribution in [2.75, 3.05) is 6.54 Å². The van der Waals surface area contributed by atoms with Crippen LogP contribution in [0.3, 0.4) is 0 Å². The summed E-state index contributed by atoms with van der Waals surface area (Å²) in [5.41, 5.74) is 0.855. The second-order valence-corrected chi connectivity index (χ2v) is 5.94. The molecule has 0 radical (unpaired) electrons. The minimum atomic E-state index is -1.07. The molecule has 6 heteroatoms. The molecule has 0 bridgehead atoms. The Kier molecular flexibility index (Phi) is 7.25. The molecule has 3 N–H and O–H groups in total. The lowest BCUT2D eigenvalue weighted by Gasteiger charge is -2.17. The van der Waals surface area contributed by atoms with E-state index >= 15 is 0 Å². The van der Waals surface area contributed by atoms with Gasteiger partial charge in [0.15, 0.2) is 0 Å². The van der Waals surface area contributed by atoms with E-state index in [1.807, 2.05) is 44.2 Å². The van der Waals surface area contributed by atoms with E-state index in [-0.39, 0.29) is 24.3 Å². The minimum absolute atomic E-state index is 0.143. The zero-order valence-electron chi connectivity index (χ0n) is 13.7. The van der Waals surface area contributed by atoms with Gasteiger partial charge in [-0.15, -0.1) is 0 Å². The Hall–Kier alpha value is -2.37. The van der Waals surface area contributed by atoms with Crippen LogP contribution in [0.4, 0.5) is 0 Å². The molecule has 1 aromatic rings. The molecule has 0 saturated heterocycles. The van der Waals surface area contributed by atoms with Gasteiger partial charge in [0, 0.05) is 0 Å². The van der Waals surface area contributed by atoms with Crippen LogP contribution in [0.2, 0.25) is 0 Å². The molecule has 0 aliphatic heterocycles. The Morgan fingerprint density at radius 2 is 1.70 bits per heavy atom. The zero-order chi connectivity index (χ0) is 17.4. The molecular formula is C17H24N2O4. The molecule has 0 saturated carbocycles. The van der Waals surface area contributed by atoms with Gasteiger partial charge in [0.1, 0.15) is 6.04 Å². The highest BCUT2D eigenvalue weighted by Gasteiger charge is 2.22. The number of hydrogen-bond donors (Lipinski definition) is 3. The van der Waals surface area contributed by atoms with Crippen molar-refractivity contribution in [2.24, 2.45) is 5.92 Å². The SMILES string of the molecule is CC(C)C[C@H](NC(=O)CNC(=O)[C@@H](C)c1ccccc1)C(=O)O. The second kappa shape index (κ2) is 8.92. The van der Waals surface area contributed by atoms with Crippen molar-refractivity contribution in [3.05, 3.63) is 35.9 Å². The maximum absolute atomic E-state index is 12.0. The number of carboxylic acids is 1. The minimum Gasteiger partial charge on any atom is -0.480 e. The molecule has 0 spiro atoms. The second-order valence-electron chi connectivity index (χ2n) is 5.94. The van der Waals surface area contributed by atoms with E-state index in [9.17, 15) is 14.4 Å². The van der Waals surface area contributed by atoms with Crippen LogP contribution >= 0.6 is 0 Å². The maximum atomic E-state index is 12.0. The van der Waals surface area contributed by atoms with E-state index in [2.05, 4.69) is 10.6 Å². The topological polar surface area (TPSA) is 95.5 Å². The number of nitrogens with one attached hydrogen (secondary N) is 2. The Morgan fingerprint density at radius 3 is 2.22 bits per heavy atom. The first-order valence-electron chi connectivity index (χ1n) is 7.66. The molecular weight excluding hydrogens is 296 g/mol. The lowest BCUT2D eigenvalue weighted by molar-refractivity contribution is -0.142. The van der Waals surface area contributed by atoms with Crippen LogP contribution in [0, 0.1) is 5.92 Å². The summed E-state index contributed by atoms with van der Waals surface area (Å²) < 4.78 is 0. The number of carbonyl (C=O) groups is 3. The first kappa shape index (κ1) is 18.7. The van der Waals surface area contributed by atoms with Crippen LogP contribution in [-0.2, 0) is 14.4 Å². The molecule has 0 aliphatic rings. The van der Waals surface area contributed by atoms with Gasteiger partial charge >= 0.3 is 5.97 Å². The van der Waals surface area contributed by atoms with Crippen LogP contribution in [0.15, 0.2) is 30.3 Å². The van der Waals surface area contributed by atoms with Crippen molar-refractivity contribution in [3.63, 3.8) is 0 Å². The van der Waals surface area contributed by atoms with Gasteiger partial charge in [-0.2, -0.15) is 0 Å². The summed E-state index contributed by atoms with van der Waals surface area (Å²) in [6.07, 6.45) is 0.343. The summed E-state index contributed by atoms with van der Waals surface area (Å²) >= 11 is 0. The van der Waals surface area contributed by atoms with E-state index in [1.54, 1.807) is 6.92 Å². The van der Waals surface area contributed by atoms with Crippen LogP contribution in [-0.4, -0.2) is 35.5 Å². The van der Waals surface area contributed by atoms with Crippen LogP contribution < -0.4 is 10.6 Å². The van der Waals surface area contributed by atoms with Gasteiger partial charge in [0.2, 0.25) is 11.8 Å². The lowest BCUT2D eigenvalue weighted by Crippen LogP contribution is -2.46. The molecule has 1 rings (SSSR count). The Labute approximate surface area is 136 Å². The molecule has 6 nitrogen and oxygen atoms in total. The number of rotatable bonds is 8. The summed E-state index contributed by atoms with van der Waals surface area (Å²) in [6, 6.07) is 8.29. The predicted molar refractivity (Wildman–Crippen MR) is 86.9 cm³/mol. The van der Waals surface area contributed by atoms with Gasteiger partial charge in [0.05, 0.1) is 12.5 Å². The van der Waals surface area contributed by atoms with Crippen LogP contribution in [0.5, 0.6) is 0 Å². The van der Waals surface area contributed by atoms with Gasteiger partial charge in [0.25, 0.3) is 0 Å². The molecule has 126 valence electrons. The number of carboxylic acid groups (broad SMARTS) is 1. The lowest BCUT2D eigenvalue weighted by atomic mass is 10.0. The third kappa shape index (κ3) is 6.50. The van der Waals surface area contributed by atoms with Gasteiger partial charge < -0.3 is 15.7 Å². The molecule has 2 atom stereocenters. The normalized spacial score (nSPS) is 13.2. The molecule has 2 amide bonds. The third-order valence-corrected chi connectivity index (χ3v) is 3.46. The third-order valence-electron chi connectivity index (χ3n) is 3.46. The molecule has 0 fully saturated rings. The van der Waals surface area contributed by atoms with Crippen molar-refractivity contribution >= 4 is 17.8 Å². The van der Waals surface area contributed by atoms with E-state index in [0.717, 1.165) is 5.56 Å². The van der Waals surface area contributed by atoms with Crippen molar-refractivity contribution in [2.45, 2.75) is 39.2 Å². The summed E-state index contributed by atoms with van der Waals surface area (Å²) in [5, 5.41) is 14.0. The largest absolute Gasteiger partial charge is 0.480 e. The molecule has 0 heterocycles. The van der Waals surface area contributed by atoms with E-state index in [1.165, 1.54) is 0 Å². The fourth-order valence-corrected chi connectivity index (χ4v) is 2.15. The van der Waals surface area contributed by atoms with E-state index in [4.69, 9.17) is 5.11 Å². The van der Waals surface area contributed by atoms with Gasteiger partial charge in [-0.25, -0.2) is 4.79 Å². The number of carbonyl (C=O) groups excluding carboxylic acids is 2. The molecule has 1 aromatic carbocycles. The molecule has 0 aliphatic carbocycles. The van der Waals surface area contributed by atoms with Gasteiger partial charge in [-0.1, -0.05) is 44.2 Å². The standard InChI is InChI=1S/C17H24N2O4/c1-11(2)9-14(17(22)23)19-15(20)10-18-16(21)12(3)13-7-5-4-6-8-13/h4-8,11-12,14H,9-10H2,1-3H3,(H,18,21)(H,19,20)(H,22,23)/t12-,14-/m0/s1. The Bertz CT molecular complexity index is 543. The highest BCUT2D eigenvalue weighted by atomic mass is 16.4. The summed E-state index contributed by atoms with van der Waals surface area (Å²) in [7, 11) is 0. The molecule has 23 heavy (non-hydrogen) atoms. The van der Waals surface area contributed by atoms with Crippen molar-refractivity contribution < 1.29 is 19.5 Å². The van der Waals surface area contributed by atoms with E-state index in [0.29, 0.717) is 6.42 Å². The quantitative estimate of drug-likeness (QED) is 0.677. The summed E-state index contributed by atoms with van der Waals surface area (Å²) in [6.45, 7) is 5.27. The number of hydrogen-bond acceptors (Lipinski definition) is 3. The molecule has 0 unspecified atom stereocenters. The van der Waals surface area contributed by atoms with Gasteiger partial charge in [-0.3, -0.25) is 9.59 Å². The molecule has 0 aromatic heterocycles. The first-order valence-corrected chi connectivity index (χ1v) is 7.66. The maximum Gasteiger partial charge on any atom is 0.326 e.